The quantitative estimate of drug-likeness (QED) is 0.716. The zero-order valence-electron chi connectivity index (χ0n) is 16.5. The number of rotatable bonds is 6. The highest BCUT2D eigenvalue weighted by Gasteiger charge is 2.32. The molecule has 1 aliphatic rings. The second-order valence-corrected chi connectivity index (χ2v) is 7.56. The fraction of sp³-hybridized carbons (Fsp3) is 0.381. The molecule has 2 aromatic carbocycles. The lowest BCUT2D eigenvalue weighted by Gasteiger charge is -2.35. The molecular formula is C21H23ClF3N3O2. The summed E-state index contributed by atoms with van der Waals surface area (Å²) in [5.74, 6) is 0.142. The van der Waals surface area contributed by atoms with Gasteiger partial charge in [0.2, 0.25) is 5.91 Å². The molecule has 162 valence electrons. The molecule has 1 N–H and O–H groups in total. The minimum absolute atomic E-state index is 0.00104. The van der Waals surface area contributed by atoms with E-state index >= 15 is 0 Å². The molecule has 0 spiro atoms. The van der Waals surface area contributed by atoms with Crippen molar-refractivity contribution in [2.45, 2.75) is 12.6 Å². The molecule has 0 radical (unpaired) electrons. The first kappa shape index (κ1) is 22.2. The molecule has 0 aromatic heterocycles. The number of carbonyl (C=O) groups is 1. The Hall–Kier alpha value is -2.45. The van der Waals surface area contributed by atoms with Crippen molar-refractivity contribution in [2.75, 3.05) is 50.1 Å². The first-order chi connectivity index (χ1) is 14.2. The fourth-order valence-electron chi connectivity index (χ4n) is 3.14. The van der Waals surface area contributed by atoms with Gasteiger partial charge in [-0.2, -0.15) is 13.2 Å². The van der Waals surface area contributed by atoms with Gasteiger partial charge in [-0.05, 0) is 49.5 Å². The predicted octanol–water partition coefficient (Wildman–Crippen LogP) is 4.52. The number of carbonyl (C=O) groups excluding carboxylic acids is 1. The summed E-state index contributed by atoms with van der Waals surface area (Å²) in [4.78, 5) is 16.5. The first-order valence-corrected chi connectivity index (χ1v) is 9.93. The third-order valence-electron chi connectivity index (χ3n) is 4.85. The molecule has 30 heavy (non-hydrogen) atoms. The molecule has 1 fully saturated rings. The van der Waals surface area contributed by atoms with Crippen molar-refractivity contribution >= 4 is 28.9 Å². The summed E-state index contributed by atoms with van der Waals surface area (Å²) in [6.07, 6.45) is -4.49. The van der Waals surface area contributed by atoms with Crippen LogP contribution < -0.4 is 15.0 Å². The Morgan fingerprint density at radius 3 is 2.40 bits per heavy atom. The van der Waals surface area contributed by atoms with Gasteiger partial charge in [0.15, 0.2) is 0 Å². The molecule has 1 aliphatic heterocycles. The first-order valence-electron chi connectivity index (χ1n) is 9.55. The smallest absolute Gasteiger partial charge is 0.416 e. The second-order valence-electron chi connectivity index (χ2n) is 7.12. The van der Waals surface area contributed by atoms with Crippen LogP contribution in [0.1, 0.15) is 12.0 Å². The summed E-state index contributed by atoms with van der Waals surface area (Å²) in [5.41, 5.74) is -0.0537. The highest BCUT2D eigenvalue weighted by Crippen LogP contribution is 2.36. The van der Waals surface area contributed by atoms with Gasteiger partial charge in [-0.25, -0.2) is 0 Å². The second kappa shape index (κ2) is 9.57. The minimum Gasteiger partial charge on any atom is -0.493 e. The van der Waals surface area contributed by atoms with Crippen molar-refractivity contribution in [1.29, 1.82) is 0 Å². The van der Waals surface area contributed by atoms with Crippen molar-refractivity contribution in [2.24, 2.45) is 0 Å². The Balaban J connectivity index is 1.68. The summed E-state index contributed by atoms with van der Waals surface area (Å²) >= 11 is 5.81. The zero-order chi connectivity index (χ0) is 21.7. The average Bonchev–Trinajstić information content (AvgIpc) is 2.69. The number of nitrogens with zero attached hydrogens (tertiary/aromatic N) is 2. The van der Waals surface area contributed by atoms with Gasteiger partial charge >= 0.3 is 6.18 Å². The molecule has 0 unspecified atom stereocenters. The number of hydrogen-bond acceptors (Lipinski definition) is 4. The van der Waals surface area contributed by atoms with Crippen LogP contribution in [0.25, 0.3) is 0 Å². The fourth-order valence-corrected chi connectivity index (χ4v) is 3.27. The largest absolute Gasteiger partial charge is 0.493 e. The highest BCUT2D eigenvalue weighted by molar-refractivity contribution is 6.30. The van der Waals surface area contributed by atoms with Crippen molar-refractivity contribution < 1.29 is 22.7 Å². The Morgan fingerprint density at radius 2 is 1.77 bits per heavy atom. The van der Waals surface area contributed by atoms with Gasteiger partial charge < -0.3 is 19.9 Å². The molecule has 0 aliphatic carbocycles. The monoisotopic (exact) mass is 441 g/mol. The SMILES string of the molecule is CN1CCN(c2ccc(C(F)(F)F)cc2NC(=O)CCOc2ccc(Cl)cc2)CC1. The van der Waals surface area contributed by atoms with Gasteiger partial charge in [-0.1, -0.05) is 11.6 Å². The Kier molecular flexibility index (Phi) is 7.10. The number of hydrogen-bond donors (Lipinski definition) is 1. The molecule has 5 nitrogen and oxygen atoms in total. The van der Waals surface area contributed by atoms with Gasteiger partial charge in [0.05, 0.1) is 30.0 Å². The lowest BCUT2D eigenvalue weighted by Crippen LogP contribution is -2.44. The number of likely N-dealkylation sites (N-methyl/N-ethyl adjacent to an activating group) is 1. The predicted molar refractivity (Wildman–Crippen MR) is 111 cm³/mol. The van der Waals surface area contributed by atoms with Crippen LogP contribution in [0, 0.1) is 0 Å². The molecule has 0 bridgehead atoms. The maximum Gasteiger partial charge on any atom is 0.416 e. The van der Waals surface area contributed by atoms with E-state index in [0.717, 1.165) is 25.2 Å². The average molecular weight is 442 g/mol. The molecule has 1 heterocycles. The molecule has 0 saturated carbocycles. The van der Waals surface area contributed by atoms with Gasteiger partial charge in [-0.15, -0.1) is 0 Å². The van der Waals surface area contributed by atoms with E-state index in [0.29, 0.717) is 29.5 Å². The van der Waals surface area contributed by atoms with E-state index in [9.17, 15) is 18.0 Å². The van der Waals surface area contributed by atoms with Crippen LogP contribution in [0.15, 0.2) is 42.5 Å². The highest BCUT2D eigenvalue weighted by atomic mass is 35.5. The lowest BCUT2D eigenvalue weighted by atomic mass is 10.1. The number of ether oxygens (including phenoxy) is 1. The normalized spacial score (nSPS) is 15.2. The summed E-state index contributed by atoms with van der Waals surface area (Å²) in [5, 5.41) is 3.20. The van der Waals surface area contributed by atoms with Gasteiger partial charge in [0, 0.05) is 31.2 Å². The molecule has 1 saturated heterocycles. The van der Waals surface area contributed by atoms with Crippen LogP contribution in [-0.4, -0.2) is 50.6 Å². The molecule has 9 heteroatoms. The maximum absolute atomic E-state index is 13.2. The van der Waals surface area contributed by atoms with E-state index in [4.69, 9.17) is 16.3 Å². The Morgan fingerprint density at radius 1 is 1.10 bits per heavy atom. The molecule has 3 rings (SSSR count). The van der Waals surface area contributed by atoms with Crippen LogP contribution in [0.2, 0.25) is 5.02 Å². The maximum atomic E-state index is 13.2. The van der Waals surface area contributed by atoms with Crippen LogP contribution >= 0.6 is 11.6 Å². The van der Waals surface area contributed by atoms with Gasteiger partial charge in [0.1, 0.15) is 5.75 Å². The number of piperazine rings is 1. The van der Waals surface area contributed by atoms with Crippen LogP contribution in [0.3, 0.4) is 0 Å². The van der Waals surface area contributed by atoms with Crippen LogP contribution in [0.4, 0.5) is 24.5 Å². The standard InChI is InChI=1S/C21H23ClF3N3O2/c1-27-9-11-28(12-10-27)19-7-2-15(21(23,24)25)14-18(19)26-20(29)8-13-30-17-5-3-16(22)4-6-17/h2-7,14H,8-13H2,1H3,(H,26,29). The molecule has 0 atom stereocenters. The summed E-state index contributed by atoms with van der Waals surface area (Å²) in [6, 6.07) is 10.2. The third kappa shape index (κ3) is 6.03. The van der Waals surface area contributed by atoms with E-state index in [-0.39, 0.29) is 18.7 Å². The summed E-state index contributed by atoms with van der Waals surface area (Å²) in [7, 11) is 1.99. The summed E-state index contributed by atoms with van der Waals surface area (Å²) < 4.78 is 45.1. The minimum atomic E-state index is -4.49. The van der Waals surface area contributed by atoms with Gasteiger partial charge in [0.25, 0.3) is 0 Å². The van der Waals surface area contributed by atoms with Crippen LogP contribution in [-0.2, 0) is 11.0 Å². The molecule has 2 aromatic rings. The number of benzene rings is 2. The van der Waals surface area contributed by atoms with E-state index in [1.165, 1.54) is 6.07 Å². The van der Waals surface area contributed by atoms with Gasteiger partial charge in [-0.3, -0.25) is 4.79 Å². The summed E-state index contributed by atoms with van der Waals surface area (Å²) in [6.45, 7) is 3.03. The number of alkyl halides is 3. The third-order valence-corrected chi connectivity index (χ3v) is 5.11. The topological polar surface area (TPSA) is 44.8 Å². The zero-order valence-corrected chi connectivity index (χ0v) is 17.3. The number of amides is 1. The van der Waals surface area contributed by atoms with E-state index in [2.05, 4.69) is 10.2 Å². The van der Waals surface area contributed by atoms with E-state index < -0.39 is 17.6 Å². The molecule has 1 amide bonds. The number of halogens is 4. The number of nitrogens with one attached hydrogen (secondary N) is 1. The van der Waals surface area contributed by atoms with E-state index in [1.54, 1.807) is 24.3 Å². The lowest BCUT2D eigenvalue weighted by molar-refractivity contribution is -0.137. The number of anilines is 2. The van der Waals surface area contributed by atoms with E-state index in [1.807, 2.05) is 11.9 Å². The Labute approximate surface area is 178 Å². The van der Waals surface area contributed by atoms with Crippen molar-refractivity contribution in [3.05, 3.63) is 53.1 Å². The Bertz CT molecular complexity index is 867. The van der Waals surface area contributed by atoms with Crippen LogP contribution in [0.5, 0.6) is 5.75 Å². The van der Waals surface area contributed by atoms with Crippen molar-refractivity contribution in [3.8, 4) is 5.75 Å². The van der Waals surface area contributed by atoms with Crippen molar-refractivity contribution in [1.82, 2.24) is 4.90 Å². The van der Waals surface area contributed by atoms with Crippen molar-refractivity contribution in [3.63, 3.8) is 0 Å². The molecular weight excluding hydrogens is 419 g/mol.